The van der Waals surface area contributed by atoms with Crippen LogP contribution in [0.4, 0.5) is 4.79 Å². The number of halogens is 1. The molecule has 0 bridgehead atoms. The maximum atomic E-state index is 12.0. The number of nitrogens with zero attached hydrogens (tertiary/aromatic N) is 1. The summed E-state index contributed by atoms with van der Waals surface area (Å²) < 4.78 is 0. The van der Waals surface area contributed by atoms with Gasteiger partial charge >= 0.3 is 6.03 Å². The first-order valence-corrected chi connectivity index (χ1v) is 7.17. The fourth-order valence-corrected chi connectivity index (χ4v) is 2.10. The van der Waals surface area contributed by atoms with E-state index in [1.165, 1.54) is 0 Å². The van der Waals surface area contributed by atoms with Crippen molar-refractivity contribution < 1.29 is 4.79 Å². The summed E-state index contributed by atoms with van der Waals surface area (Å²) in [6.07, 6.45) is 1.71. The van der Waals surface area contributed by atoms with Gasteiger partial charge in [0.25, 0.3) is 0 Å². The number of carbonyl (C=O) groups is 1. The first-order chi connectivity index (χ1) is 10.1. The Morgan fingerprint density at radius 1 is 1.05 bits per heavy atom. The number of urea groups is 1. The molecule has 0 aliphatic carbocycles. The van der Waals surface area contributed by atoms with E-state index in [4.69, 9.17) is 11.6 Å². The Kier molecular flexibility index (Phi) is 5.17. The summed E-state index contributed by atoms with van der Waals surface area (Å²) in [7, 11) is 0. The van der Waals surface area contributed by atoms with Crippen LogP contribution >= 0.6 is 11.6 Å². The average molecular weight is 304 g/mol. The van der Waals surface area contributed by atoms with Crippen LogP contribution in [0.15, 0.2) is 48.7 Å². The molecule has 0 radical (unpaired) electrons. The van der Waals surface area contributed by atoms with Gasteiger partial charge in [-0.3, -0.25) is 4.98 Å². The molecular formula is C16H18ClN3O. The van der Waals surface area contributed by atoms with E-state index >= 15 is 0 Å². The summed E-state index contributed by atoms with van der Waals surface area (Å²) in [6, 6.07) is 12.6. The van der Waals surface area contributed by atoms with E-state index in [9.17, 15) is 4.79 Å². The van der Waals surface area contributed by atoms with Crippen molar-refractivity contribution in [3.8, 4) is 0 Å². The van der Waals surface area contributed by atoms with Crippen LogP contribution in [-0.4, -0.2) is 11.0 Å². The van der Waals surface area contributed by atoms with Crippen molar-refractivity contribution in [2.75, 3.05) is 0 Å². The predicted octanol–water partition coefficient (Wildman–Crippen LogP) is 3.86. The fourth-order valence-electron chi connectivity index (χ4n) is 1.98. The lowest BCUT2D eigenvalue weighted by Gasteiger charge is -2.18. The van der Waals surface area contributed by atoms with Crippen LogP contribution in [0, 0.1) is 0 Å². The van der Waals surface area contributed by atoms with Crippen molar-refractivity contribution in [3.05, 3.63) is 64.9 Å². The smallest absolute Gasteiger partial charge is 0.315 e. The molecule has 1 aromatic carbocycles. The van der Waals surface area contributed by atoms with E-state index in [0.29, 0.717) is 5.02 Å². The Morgan fingerprint density at radius 2 is 1.71 bits per heavy atom. The van der Waals surface area contributed by atoms with Gasteiger partial charge < -0.3 is 10.6 Å². The normalized spacial score (nSPS) is 13.3. The molecule has 2 N–H and O–H groups in total. The topological polar surface area (TPSA) is 54.0 Å². The zero-order valence-corrected chi connectivity index (χ0v) is 12.8. The maximum absolute atomic E-state index is 12.0. The molecule has 2 atom stereocenters. The molecule has 0 aliphatic heterocycles. The molecule has 21 heavy (non-hydrogen) atoms. The van der Waals surface area contributed by atoms with Crippen molar-refractivity contribution >= 4 is 17.6 Å². The molecular weight excluding hydrogens is 286 g/mol. The maximum Gasteiger partial charge on any atom is 0.315 e. The molecule has 4 nitrogen and oxygen atoms in total. The number of rotatable bonds is 4. The number of amides is 2. The van der Waals surface area contributed by atoms with Crippen molar-refractivity contribution in [1.29, 1.82) is 0 Å². The molecule has 110 valence electrons. The minimum atomic E-state index is -0.226. The molecule has 2 aromatic rings. The van der Waals surface area contributed by atoms with Crippen molar-refractivity contribution in [3.63, 3.8) is 0 Å². The first-order valence-electron chi connectivity index (χ1n) is 6.79. The van der Waals surface area contributed by atoms with Gasteiger partial charge in [0.05, 0.1) is 17.8 Å². The van der Waals surface area contributed by atoms with Gasteiger partial charge in [0, 0.05) is 11.2 Å². The van der Waals surface area contributed by atoms with Gasteiger partial charge in [0.2, 0.25) is 0 Å². The van der Waals surface area contributed by atoms with Gasteiger partial charge in [0.15, 0.2) is 0 Å². The van der Waals surface area contributed by atoms with Crippen molar-refractivity contribution in [2.24, 2.45) is 0 Å². The molecule has 0 unspecified atom stereocenters. The average Bonchev–Trinajstić information content (AvgIpc) is 2.48. The Labute approximate surface area is 129 Å². The zero-order chi connectivity index (χ0) is 15.2. The minimum Gasteiger partial charge on any atom is -0.332 e. The third kappa shape index (κ3) is 4.46. The lowest BCUT2D eigenvalue weighted by molar-refractivity contribution is 0.234. The molecule has 0 aliphatic rings. The van der Waals surface area contributed by atoms with Gasteiger partial charge in [-0.05, 0) is 43.7 Å². The molecule has 0 spiro atoms. The third-order valence-electron chi connectivity index (χ3n) is 3.20. The summed E-state index contributed by atoms with van der Waals surface area (Å²) >= 11 is 5.85. The third-order valence-corrected chi connectivity index (χ3v) is 3.45. The molecule has 2 amide bonds. The van der Waals surface area contributed by atoms with Crippen LogP contribution in [0.25, 0.3) is 0 Å². The highest BCUT2D eigenvalue weighted by molar-refractivity contribution is 6.30. The SMILES string of the molecule is C[C@H](NC(=O)N[C@@H](C)c1ccccn1)c1ccc(Cl)cc1. The second-order valence-corrected chi connectivity index (χ2v) is 5.30. The largest absolute Gasteiger partial charge is 0.332 e. The predicted molar refractivity (Wildman–Crippen MR) is 84.2 cm³/mol. The molecule has 0 saturated carbocycles. The van der Waals surface area contributed by atoms with Crippen LogP contribution in [-0.2, 0) is 0 Å². The Morgan fingerprint density at radius 3 is 2.33 bits per heavy atom. The molecule has 0 fully saturated rings. The van der Waals surface area contributed by atoms with Crippen molar-refractivity contribution in [1.82, 2.24) is 15.6 Å². The minimum absolute atomic E-state index is 0.0989. The zero-order valence-electron chi connectivity index (χ0n) is 12.0. The number of benzene rings is 1. The summed E-state index contributed by atoms with van der Waals surface area (Å²) in [5, 5.41) is 6.44. The standard InChI is InChI=1S/C16H18ClN3O/c1-11(13-6-8-14(17)9-7-13)19-16(21)20-12(2)15-5-3-4-10-18-15/h3-12H,1-2H3,(H2,19,20,21)/t11-,12-/m0/s1. The van der Waals surface area contributed by atoms with Crippen LogP contribution in [0.1, 0.15) is 37.2 Å². The van der Waals surface area contributed by atoms with Gasteiger partial charge in [0.1, 0.15) is 0 Å². The second kappa shape index (κ2) is 7.09. The summed E-state index contributed by atoms with van der Waals surface area (Å²) in [4.78, 5) is 16.2. The fraction of sp³-hybridized carbons (Fsp3) is 0.250. The van der Waals surface area contributed by atoms with Crippen LogP contribution in [0.5, 0.6) is 0 Å². The van der Waals surface area contributed by atoms with Gasteiger partial charge in [-0.1, -0.05) is 29.8 Å². The number of aromatic nitrogens is 1. The Bertz CT molecular complexity index is 586. The molecule has 0 saturated heterocycles. The highest BCUT2D eigenvalue weighted by Gasteiger charge is 2.13. The summed E-state index contributed by atoms with van der Waals surface area (Å²) in [5.41, 5.74) is 1.83. The number of nitrogens with one attached hydrogen (secondary N) is 2. The molecule has 5 heteroatoms. The van der Waals surface area contributed by atoms with Crippen LogP contribution in [0.2, 0.25) is 5.02 Å². The number of carbonyl (C=O) groups excluding carboxylic acids is 1. The van der Waals surface area contributed by atoms with E-state index in [0.717, 1.165) is 11.3 Å². The second-order valence-electron chi connectivity index (χ2n) is 4.87. The summed E-state index contributed by atoms with van der Waals surface area (Å²) in [6.45, 7) is 3.82. The van der Waals surface area contributed by atoms with Gasteiger partial charge in [-0.2, -0.15) is 0 Å². The lowest BCUT2D eigenvalue weighted by Crippen LogP contribution is -2.38. The number of hydrogen-bond acceptors (Lipinski definition) is 2. The summed E-state index contributed by atoms with van der Waals surface area (Å²) in [5.74, 6) is 0. The Balaban J connectivity index is 1.91. The van der Waals surface area contributed by atoms with E-state index in [1.54, 1.807) is 6.20 Å². The molecule has 1 heterocycles. The highest BCUT2D eigenvalue weighted by Crippen LogP contribution is 2.16. The lowest BCUT2D eigenvalue weighted by atomic mass is 10.1. The molecule has 1 aromatic heterocycles. The van der Waals surface area contributed by atoms with Gasteiger partial charge in [-0.25, -0.2) is 4.79 Å². The van der Waals surface area contributed by atoms with E-state index < -0.39 is 0 Å². The number of pyridine rings is 1. The van der Waals surface area contributed by atoms with E-state index in [1.807, 2.05) is 56.3 Å². The van der Waals surface area contributed by atoms with Crippen LogP contribution < -0.4 is 10.6 Å². The molecule has 2 rings (SSSR count). The first kappa shape index (κ1) is 15.3. The van der Waals surface area contributed by atoms with Crippen LogP contribution in [0.3, 0.4) is 0 Å². The quantitative estimate of drug-likeness (QED) is 0.901. The monoisotopic (exact) mass is 303 g/mol. The highest BCUT2D eigenvalue weighted by atomic mass is 35.5. The van der Waals surface area contributed by atoms with E-state index in [2.05, 4.69) is 15.6 Å². The van der Waals surface area contributed by atoms with Gasteiger partial charge in [-0.15, -0.1) is 0 Å². The Hall–Kier alpha value is -2.07. The van der Waals surface area contributed by atoms with E-state index in [-0.39, 0.29) is 18.1 Å². The number of hydrogen-bond donors (Lipinski definition) is 2. The van der Waals surface area contributed by atoms with Crippen molar-refractivity contribution in [2.45, 2.75) is 25.9 Å².